The molecule has 1 aromatic carbocycles. The highest BCUT2D eigenvalue weighted by atomic mass is 32.1. The van der Waals surface area contributed by atoms with Crippen molar-refractivity contribution in [3.63, 3.8) is 0 Å². The first-order valence-electron chi connectivity index (χ1n) is 10.7. The summed E-state index contributed by atoms with van der Waals surface area (Å²) >= 11 is 1.39. The first-order valence-corrected chi connectivity index (χ1v) is 11.6. The third kappa shape index (κ3) is 5.75. The Labute approximate surface area is 192 Å². The van der Waals surface area contributed by atoms with Crippen LogP contribution < -0.4 is 5.73 Å². The highest BCUT2D eigenvalue weighted by Crippen LogP contribution is 2.34. The monoisotopic (exact) mass is 458 g/mol. The van der Waals surface area contributed by atoms with Crippen molar-refractivity contribution in [3.05, 3.63) is 56.8 Å². The largest absolute Gasteiger partial charge is 0.460 e. The van der Waals surface area contributed by atoms with Gasteiger partial charge in [-0.05, 0) is 67.7 Å². The summed E-state index contributed by atoms with van der Waals surface area (Å²) < 4.78 is 5.31. The van der Waals surface area contributed by atoms with E-state index < -0.39 is 23.5 Å². The molecule has 0 bridgehead atoms. The van der Waals surface area contributed by atoms with Gasteiger partial charge in [0.1, 0.15) is 11.6 Å². The molecule has 0 radical (unpaired) electrons. The number of nitrogens with zero attached hydrogens (tertiary/aromatic N) is 1. The van der Waals surface area contributed by atoms with Crippen LogP contribution in [0.1, 0.15) is 65.5 Å². The number of esters is 1. The molecule has 0 spiro atoms. The maximum Gasteiger partial charge on any atom is 0.306 e. The van der Waals surface area contributed by atoms with Crippen molar-refractivity contribution in [1.29, 1.82) is 0 Å². The lowest BCUT2D eigenvalue weighted by Gasteiger charge is -2.26. The Kier molecular flexibility index (Phi) is 7.36. The summed E-state index contributed by atoms with van der Waals surface area (Å²) in [5, 5.41) is 11.2. The summed E-state index contributed by atoms with van der Waals surface area (Å²) in [5.41, 5.74) is 9.03. The lowest BCUT2D eigenvalue weighted by atomic mass is 10.0. The fraction of sp³-hybridized carbons (Fsp3) is 0.458. The van der Waals surface area contributed by atoms with E-state index in [-0.39, 0.29) is 25.4 Å². The first-order chi connectivity index (χ1) is 15.1. The van der Waals surface area contributed by atoms with Crippen molar-refractivity contribution in [2.75, 3.05) is 0 Å². The number of benzene rings is 1. The number of nitrogens with two attached hydrogens (primary N) is 1. The third-order valence-corrected chi connectivity index (χ3v) is 6.46. The van der Waals surface area contributed by atoms with Crippen molar-refractivity contribution in [3.8, 4) is 0 Å². The van der Waals surface area contributed by atoms with Crippen LogP contribution in [0.5, 0.6) is 0 Å². The molecule has 3 rings (SSSR count). The van der Waals surface area contributed by atoms with E-state index in [1.807, 2.05) is 29.6 Å². The highest BCUT2D eigenvalue weighted by molar-refractivity contribution is 7.12. The van der Waals surface area contributed by atoms with Gasteiger partial charge in [0.2, 0.25) is 5.91 Å². The highest BCUT2D eigenvalue weighted by Gasteiger charge is 2.38. The predicted molar refractivity (Wildman–Crippen MR) is 122 cm³/mol. The van der Waals surface area contributed by atoms with Crippen LogP contribution in [0.2, 0.25) is 0 Å². The normalized spacial score (nSPS) is 14.4. The number of aliphatic hydroxyl groups is 1. The summed E-state index contributed by atoms with van der Waals surface area (Å²) in [5.74, 6) is -1.25. The van der Waals surface area contributed by atoms with E-state index >= 15 is 0 Å². The fourth-order valence-electron chi connectivity index (χ4n) is 3.79. The minimum atomic E-state index is -0.853. The van der Waals surface area contributed by atoms with Gasteiger partial charge in [0, 0.05) is 13.0 Å². The number of thiophene rings is 1. The van der Waals surface area contributed by atoms with Gasteiger partial charge in [-0.3, -0.25) is 14.4 Å². The van der Waals surface area contributed by atoms with E-state index in [2.05, 4.69) is 0 Å². The number of fused-ring (bicyclic) bond motifs is 1. The molecule has 2 heterocycles. The molecule has 1 aromatic heterocycles. The van der Waals surface area contributed by atoms with Gasteiger partial charge in [0.25, 0.3) is 5.91 Å². The van der Waals surface area contributed by atoms with E-state index in [0.717, 1.165) is 35.1 Å². The summed E-state index contributed by atoms with van der Waals surface area (Å²) in [7, 11) is 0. The number of hydrogen-bond acceptors (Lipinski definition) is 6. The second kappa shape index (κ2) is 9.83. The summed E-state index contributed by atoms with van der Waals surface area (Å²) in [6.07, 6.45) is 1.72. The van der Waals surface area contributed by atoms with Crippen LogP contribution in [-0.2, 0) is 40.3 Å². The van der Waals surface area contributed by atoms with Crippen molar-refractivity contribution >= 4 is 29.1 Å². The molecule has 1 aliphatic rings. The number of carbonyl (C=O) groups excluding carboxylic acids is 3. The second-order valence-corrected chi connectivity index (χ2v) is 9.90. The summed E-state index contributed by atoms with van der Waals surface area (Å²) in [4.78, 5) is 39.3. The summed E-state index contributed by atoms with van der Waals surface area (Å²) in [6.45, 7) is 5.67. The Morgan fingerprint density at radius 3 is 2.44 bits per heavy atom. The molecule has 0 saturated carbocycles. The van der Waals surface area contributed by atoms with Gasteiger partial charge in [0.05, 0.1) is 11.5 Å². The van der Waals surface area contributed by atoms with Crippen LogP contribution in [-0.4, -0.2) is 39.4 Å². The number of hydrogen-bond donors (Lipinski definition) is 2. The standard InChI is InChI=1S/C24H30N2O5S/c1-24(2,3)31-20(28)11-10-19(22(25)29)26-12-18-17(14-32-21(18)23(26)30)9-8-15-4-6-16(13-27)7-5-15/h4-7,14,19,27H,8-13H2,1-3H3,(H2,25,29). The molecular weight excluding hydrogens is 428 g/mol. The lowest BCUT2D eigenvalue weighted by Crippen LogP contribution is -2.45. The molecular formula is C24H30N2O5S. The molecule has 7 nitrogen and oxygen atoms in total. The molecule has 1 aliphatic heterocycles. The van der Waals surface area contributed by atoms with Crippen LogP contribution in [0, 0.1) is 0 Å². The Bertz CT molecular complexity index is 991. The molecule has 0 saturated heterocycles. The molecule has 2 aromatic rings. The van der Waals surface area contributed by atoms with Gasteiger partial charge in [0.15, 0.2) is 0 Å². The number of rotatable bonds is 9. The van der Waals surface area contributed by atoms with Gasteiger partial charge < -0.3 is 20.5 Å². The van der Waals surface area contributed by atoms with Crippen LogP contribution in [0.15, 0.2) is 29.6 Å². The molecule has 1 unspecified atom stereocenters. The van der Waals surface area contributed by atoms with Crippen LogP contribution >= 0.6 is 11.3 Å². The third-order valence-electron chi connectivity index (χ3n) is 5.40. The Morgan fingerprint density at radius 1 is 1.19 bits per heavy atom. The van der Waals surface area contributed by atoms with Crippen molar-refractivity contribution in [2.24, 2.45) is 5.73 Å². The van der Waals surface area contributed by atoms with E-state index in [4.69, 9.17) is 10.5 Å². The quantitative estimate of drug-likeness (QED) is 0.562. The predicted octanol–water partition coefficient (Wildman–Crippen LogP) is 2.96. The van der Waals surface area contributed by atoms with Crippen molar-refractivity contribution in [1.82, 2.24) is 4.90 Å². The number of aliphatic hydroxyl groups excluding tert-OH is 1. The Balaban J connectivity index is 1.65. The van der Waals surface area contributed by atoms with Gasteiger partial charge >= 0.3 is 5.97 Å². The zero-order valence-corrected chi connectivity index (χ0v) is 19.5. The average molecular weight is 459 g/mol. The van der Waals surface area contributed by atoms with E-state index in [1.54, 1.807) is 20.8 Å². The van der Waals surface area contributed by atoms with Crippen LogP contribution in [0.25, 0.3) is 0 Å². The number of amides is 2. The number of aryl methyl sites for hydroxylation is 2. The SMILES string of the molecule is CC(C)(C)OC(=O)CCC(C(N)=O)N1Cc2c(CCc3ccc(CO)cc3)csc2C1=O. The van der Waals surface area contributed by atoms with Crippen LogP contribution in [0.3, 0.4) is 0 Å². The maximum absolute atomic E-state index is 13.0. The minimum absolute atomic E-state index is 0.0129. The molecule has 172 valence electrons. The van der Waals surface area contributed by atoms with Crippen LogP contribution in [0.4, 0.5) is 0 Å². The number of primary amides is 1. The first kappa shape index (κ1) is 23.9. The van der Waals surface area contributed by atoms with Gasteiger partial charge in [-0.15, -0.1) is 11.3 Å². The molecule has 2 amide bonds. The Morgan fingerprint density at radius 2 is 1.84 bits per heavy atom. The number of ether oxygens (including phenoxy) is 1. The van der Waals surface area contributed by atoms with Gasteiger partial charge in [-0.25, -0.2) is 0 Å². The molecule has 0 aliphatic carbocycles. The molecule has 0 fully saturated rings. The lowest BCUT2D eigenvalue weighted by molar-refractivity contribution is -0.155. The minimum Gasteiger partial charge on any atom is -0.460 e. The summed E-state index contributed by atoms with van der Waals surface area (Å²) in [6, 6.07) is 6.94. The number of carbonyl (C=O) groups is 3. The fourth-order valence-corrected chi connectivity index (χ4v) is 4.87. The van der Waals surface area contributed by atoms with E-state index in [9.17, 15) is 19.5 Å². The smallest absolute Gasteiger partial charge is 0.306 e. The molecule has 3 N–H and O–H groups in total. The average Bonchev–Trinajstić information content (AvgIpc) is 3.26. The zero-order chi connectivity index (χ0) is 23.5. The van der Waals surface area contributed by atoms with Crippen molar-refractivity contribution in [2.45, 2.75) is 71.2 Å². The van der Waals surface area contributed by atoms with Gasteiger partial charge in [-0.2, -0.15) is 0 Å². The molecule has 8 heteroatoms. The van der Waals surface area contributed by atoms with E-state index in [0.29, 0.717) is 11.4 Å². The zero-order valence-electron chi connectivity index (χ0n) is 18.7. The molecule has 1 atom stereocenters. The van der Waals surface area contributed by atoms with Crippen molar-refractivity contribution < 1.29 is 24.2 Å². The Hall–Kier alpha value is -2.71. The molecule has 32 heavy (non-hydrogen) atoms. The topological polar surface area (TPSA) is 110 Å². The van der Waals surface area contributed by atoms with Gasteiger partial charge in [-0.1, -0.05) is 24.3 Å². The maximum atomic E-state index is 13.0. The second-order valence-electron chi connectivity index (χ2n) is 9.02. The van der Waals surface area contributed by atoms with E-state index in [1.165, 1.54) is 16.2 Å².